The summed E-state index contributed by atoms with van der Waals surface area (Å²) in [4.78, 5) is 18.7. The number of nitrogens with one attached hydrogen (secondary N) is 2. The molecule has 84 valence electrons. The predicted molar refractivity (Wildman–Crippen MR) is 65.9 cm³/mol. The highest BCUT2D eigenvalue weighted by molar-refractivity contribution is 7.10. The SMILES string of the molecule is Nc1cnc(NCc2cc(Cl)cs2)[nH]c1=O. The highest BCUT2D eigenvalue weighted by Crippen LogP contribution is 2.19. The lowest BCUT2D eigenvalue weighted by Gasteiger charge is -2.02. The number of hydrogen-bond donors (Lipinski definition) is 3. The molecule has 0 atom stereocenters. The minimum Gasteiger partial charge on any atom is -0.393 e. The Hall–Kier alpha value is -1.53. The van der Waals surface area contributed by atoms with Crippen LogP contribution in [0.15, 0.2) is 22.4 Å². The van der Waals surface area contributed by atoms with Gasteiger partial charge in [-0.25, -0.2) is 4.98 Å². The van der Waals surface area contributed by atoms with Gasteiger partial charge in [-0.15, -0.1) is 11.3 Å². The summed E-state index contributed by atoms with van der Waals surface area (Å²) < 4.78 is 0. The van der Waals surface area contributed by atoms with Crippen LogP contribution in [0.4, 0.5) is 11.6 Å². The summed E-state index contributed by atoms with van der Waals surface area (Å²) in [5.41, 5.74) is 5.11. The number of anilines is 2. The number of thiophene rings is 1. The number of hydrogen-bond acceptors (Lipinski definition) is 5. The summed E-state index contributed by atoms with van der Waals surface area (Å²) in [5.74, 6) is 0.392. The Balaban J connectivity index is 2.05. The van der Waals surface area contributed by atoms with Gasteiger partial charge < -0.3 is 11.1 Å². The fourth-order valence-corrected chi connectivity index (χ4v) is 2.12. The molecule has 2 aromatic heterocycles. The number of nitrogens with two attached hydrogens (primary N) is 1. The van der Waals surface area contributed by atoms with E-state index in [0.717, 1.165) is 4.88 Å². The van der Waals surface area contributed by atoms with E-state index in [1.165, 1.54) is 17.5 Å². The third kappa shape index (κ3) is 2.53. The van der Waals surface area contributed by atoms with Crippen LogP contribution >= 0.6 is 22.9 Å². The van der Waals surface area contributed by atoms with Crippen molar-refractivity contribution in [3.05, 3.63) is 37.9 Å². The van der Waals surface area contributed by atoms with Crippen molar-refractivity contribution in [1.29, 1.82) is 0 Å². The first-order valence-corrected chi connectivity index (χ1v) is 5.72. The maximum absolute atomic E-state index is 11.2. The molecule has 0 radical (unpaired) electrons. The molecule has 7 heteroatoms. The minimum absolute atomic E-state index is 0.102. The first kappa shape index (κ1) is 11.0. The normalized spacial score (nSPS) is 10.3. The maximum Gasteiger partial charge on any atom is 0.275 e. The zero-order valence-electron chi connectivity index (χ0n) is 8.16. The number of halogens is 1. The summed E-state index contributed by atoms with van der Waals surface area (Å²) in [6.45, 7) is 0.560. The lowest BCUT2D eigenvalue weighted by Crippen LogP contribution is -2.15. The second-order valence-electron chi connectivity index (χ2n) is 3.10. The van der Waals surface area contributed by atoms with Gasteiger partial charge in [0.25, 0.3) is 5.56 Å². The first-order chi connectivity index (χ1) is 7.65. The molecular weight excluding hydrogens is 248 g/mol. The standard InChI is InChI=1S/C9H9ClN4OS/c10-5-1-6(16-4-5)2-12-9-13-3-7(11)8(15)14-9/h1,3-4H,2,11H2,(H2,12,13,14,15). The molecular formula is C9H9ClN4OS. The molecule has 0 fully saturated rings. The number of aromatic nitrogens is 2. The lowest BCUT2D eigenvalue weighted by atomic mass is 10.4. The quantitative estimate of drug-likeness (QED) is 0.780. The summed E-state index contributed by atoms with van der Waals surface area (Å²) in [7, 11) is 0. The molecule has 0 saturated heterocycles. The van der Waals surface area contributed by atoms with E-state index in [0.29, 0.717) is 17.5 Å². The van der Waals surface area contributed by atoms with E-state index < -0.39 is 0 Å². The lowest BCUT2D eigenvalue weighted by molar-refractivity contribution is 1.05. The number of rotatable bonds is 3. The van der Waals surface area contributed by atoms with Crippen LogP contribution < -0.4 is 16.6 Å². The third-order valence-electron chi connectivity index (χ3n) is 1.88. The Morgan fingerprint density at radius 3 is 3.06 bits per heavy atom. The molecule has 0 aliphatic heterocycles. The smallest absolute Gasteiger partial charge is 0.275 e. The monoisotopic (exact) mass is 256 g/mol. The van der Waals surface area contributed by atoms with Crippen molar-refractivity contribution in [3.63, 3.8) is 0 Å². The summed E-state index contributed by atoms with van der Waals surface area (Å²) in [6.07, 6.45) is 1.32. The molecule has 2 aromatic rings. The van der Waals surface area contributed by atoms with Crippen LogP contribution in [0, 0.1) is 0 Å². The number of nitrogen functional groups attached to an aromatic ring is 1. The molecule has 0 aliphatic carbocycles. The van der Waals surface area contributed by atoms with Crippen molar-refractivity contribution in [2.45, 2.75) is 6.54 Å². The van der Waals surface area contributed by atoms with Crippen LogP contribution in [0.3, 0.4) is 0 Å². The predicted octanol–water partition coefficient (Wildman–Crippen LogP) is 1.68. The molecule has 2 heterocycles. The van der Waals surface area contributed by atoms with Crippen molar-refractivity contribution in [2.24, 2.45) is 0 Å². The molecule has 0 spiro atoms. The van der Waals surface area contributed by atoms with Crippen LogP contribution in [0.2, 0.25) is 5.02 Å². The highest BCUT2D eigenvalue weighted by Gasteiger charge is 2.00. The third-order valence-corrected chi connectivity index (χ3v) is 3.16. The average molecular weight is 257 g/mol. The van der Waals surface area contributed by atoms with Gasteiger partial charge in [0.1, 0.15) is 5.69 Å². The summed E-state index contributed by atoms with van der Waals surface area (Å²) in [5, 5.41) is 5.53. The van der Waals surface area contributed by atoms with Gasteiger partial charge in [-0.2, -0.15) is 0 Å². The van der Waals surface area contributed by atoms with Gasteiger partial charge >= 0.3 is 0 Å². The molecule has 16 heavy (non-hydrogen) atoms. The highest BCUT2D eigenvalue weighted by atomic mass is 35.5. The van der Waals surface area contributed by atoms with E-state index >= 15 is 0 Å². The molecule has 4 N–H and O–H groups in total. The van der Waals surface area contributed by atoms with Crippen LogP contribution in [0.25, 0.3) is 0 Å². The molecule has 0 unspecified atom stereocenters. The number of nitrogens with zero attached hydrogens (tertiary/aromatic N) is 1. The Morgan fingerprint density at radius 2 is 2.44 bits per heavy atom. The van der Waals surface area contributed by atoms with E-state index in [2.05, 4.69) is 15.3 Å². The molecule has 0 saturated carbocycles. The summed E-state index contributed by atoms with van der Waals surface area (Å²) in [6, 6.07) is 1.86. The van der Waals surface area contributed by atoms with Crippen LogP contribution in [0.5, 0.6) is 0 Å². The molecule has 0 amide bonds. The van der Waals surface area contributed by atoms with E-state index in [1.807, 2.05) is 11.4 Å². The molecule has 0 aromatic carbocycles. The number of H-pyrrole nitrogens is 1. The Labute approximate surface area is 100 Å². The fraction of sp³-hybridized carbons (Fsp3) is 0.111. The van der Waals surface area contributed by atoms with E-state index in [1.54, 1.807) is 0 Å². The second-order valence-corrected chi connectivity index (χ2v) is 4.53. The fourth-order valence-electron chi connectivity index (χ4n) is 1.11. The van der Waals surface area contributed by atoms with Gasteiger partial charge in [-0.1, -0.05) is 11.6 Å². The maximum atomic E-state index is 11.2. The van der Waals surface area contributed by atoms with Gasteiger partial charge in [0, 0.05) is 10.3 Å². The van der Waals surface area contributed by atoms with Crippen molar-refractivity contribution >= 4 is 34.6 Å². The first-order valence-electron chi connectivity index (χ1n) is 4.47. The average Bonchev–Trinajstić information content (AvgIpc) is 2.66. The molecule has 2 rings (SSSR count). The zero-order chi connectivity index (χ0) is 11.5. The van der Waals surface area contributed by atoms with E-state index in [-0.39, 0.29) is 11.2 Å². The summed E-state index contributed by atoms with van der Waals surface area (Å²) >= 11 is 7.32. The van der Waals surface area contributed by atoms with Gasteiger partial charge in [0.05, 0.1) is 17.8 Å². The topological polar surface area (TPSA) is 83.8 Å². The second kappa shape index (κ2) is 4.54. The van der Waals surface area contributed by atoms with Gasteiger partial charge in [0.15, 0.2) is 0 Å². The minimum atomic E-state index is -0.346. The Morgan fingerprint density at radius 1 is 1.62 bits per heavy atom. The van der Waals surface area contributed by atoms with E-state index in [9.17, 15) is 4.79 Å². The van der Waals surface area contributed by atoms with Gasteiger partial charge in [-0.05, 0) is 6.07 Å². The largest absolute Gasteiger partial charge is 0.393 e. The van der Waals surface area contributed by atoms with Crippen LogP contribution in [0.1, 0.15) is 4.88 Å². The number of aromatic amines is 1. The van der Waals surface area contributed by atoms with Crippen molar-refractivity contribution in [3.8, 4) is 0 Å². The van der Waals surface area contributed by atoms with Gasteiger partial charge in [0.2, 0.25) is 5.95 Å². The zero-order valence-corrected chi connectivity index (χ0v) is 9.73. The van der Waals surface area contributed by atoms with E-state index in [4.69, 9.17) is 17.3 Å². The Bertz CT molecular complexity index is 550. The van der Waals surface area contributed by atoms with Crippen molar-refractivity contribution in [2.75, 3.05) is 11.1 Å². The molecule has 5 nitrogen and oxygen atoms in total. The van der Waals surface area contributed by atoms with Gasteiger partial charge in [-0.3, -0.25) is 9.78 Å². The van der Waals surface area contributed by atoms with Crippen LogP contribution in [-0.4, -0.2) is 9.97 Å². The molecule has 0 aliphatic rings. The Kier molecular flexibility index (Phi) is 3.12. The van der Waals surface area contributed by atoms with Crippen molar-refractivity contribution in [1.82, 2.24) is 9.97 Å². The van der Waals surface area contributed by atoms with Crippen LogP contribution in [-0.2, 0) is 6.54 Å². The van der Waals surface area contributed by atoms with Crippen molar-refractivity contribution < 1.29 is 0 Å². The molecule has 0 bridgehead atoms.